The second-order valence-electron chi connectivity index (χ2n) is 4.53. The highest BCUT2D eigenvalue weighted by atomic mass is 16.5. The third-order valence-corrected chi connectivity index (χ3v) is 3.38. The van der Waals surface area contributed by atoms with E-state index in [-0.39, 0.29) is 5.69 Å². The van der Waals surface area contributed by atoms with Gasteiger partial charge in [-0.2, -0.15) is 5.10 Å². The van der Waals surface area contributed by atoms with Gasteiger partial charge in [-0.25, -0.2) is 4.79 Å². The van der Waals surface area contributed by atoms with Crippen molar-refractivity contribution in [3.05, 3.63) is 34.0 Å². The minimum absolute atomic E-state index is 0.0388. The van der Waals surface area contributed by atoms with Gasteiger partial charge in [0.1, 0.15) is 5.76 Å². The fourth-order valence-electron chi connectivity index (χ4n) is 2.29. The van der Waals surface area contributed by atoms with Gasteiger partial charge in [-0.1, -0.05) is 12.1 Å². The van der Waals surface area contributed by atoms with E-state index in [1.807, 2.05) is 13.8 Å². The van der Waals surface area contributed by atoms with Crippen molar-refractivity contribution in [3.63, 3.8) is 0 Å². The van der Waals surface area contributed by atoms with E-state index in [1.165, 1.54) is 5.56 Å². The van der Waals surface area contributed by atoms with Gasteiger partial charge in [-0.05, 0) is 32.8 Å². The molecule has 0 aromatic carbocycles. The van der Waals surface area contributed by atoms with Crippen LogP contribution in [0.15, 0.2) is 4.52 Å². The summed E-state index contributed by atoms with van der Waals surface area (Å²) >= 11 is 0. The molecule has 0 saturated carbocycles. The number of carboxylic acids is 1. The molecule has 2 aromatic rings. The molecule has 6 nitrogen and oxygen atoms in total. The van der Waals surface area contributed by atoms with Gasteiger partial charge in [0.05, 0.1) is 17.8 Å². The zero-order valence-corrected chi connectivity index (χ0v) is 11.5. The van der Waals surface area contributed by atoms with Crippen molar-refractivity contribution in [2.24, 2.45) is 0 Å². The van der Waals surface area contributed by atoms with Crippen LogP contribution in [0.4, 0.5) is 0 Å². The summed E-state index contributed by atoms with van der Waals surface area (Å²) in [6, 6.07) is 0. The average molecular weight is 263 g/mol. The van der Waals surface area contributed by atoms with Crippen LogP contribution in [-0.4, -0.2) is 26.0 Å². The molecule has 0 spiro atoms. The molecule has 2 heterocycles. The summed E-state index contributed by atoms with van der Waals surface area (Å²) in [5.41, 5.74) is 3.76. The van der Waals surface area contributed by atoms with Crippen LogP contribution in [0.2, 0.25) is 0 Å². The molecule has 0 bridgehead atoms. The van der Waals surface area contributed by atoms with Crippen molar-refractivity contribution in [2.75, 3.05) is 0 Å². The molecule has 102 valence electrons. The molecule has 0 aliphatic rings. The largest absolute Gasteiger partial charge is 0.476 e. The van der Waals surface area contributed by atoms with Gasteiger partial charge < -0.3 is 9.63 Å². The lowest BCUT2D eigenvalue weighted by Gasteiger charge is -2.04. The maximum Gasteiger partial charge on any atom is 0.358 e. The van der Waals surface area contributed by atoms with Gasteiger partial charge in [0, 0.05) is 5.69 Å². The Balaban J connectivity index is 2.42. The summed E-state index contributed by atoms with van der Waals surface area (Å²) in [4.78, 5) is 11.1. The van der Waals surface area contributed by atoms with E-state index in [0.717, 1.165) is 17.8 Å². The number of hydrogen-bond donors (Lipinski definition) is 1. The van der Waals surface area contributed by atoms with Gasteiger partial charge >= 0.3 is 5.97 Å². The molecule has 2 rings (SSSR count). The van der Waals surface area contributed by atoms with Crippen LogP contribution in [0.1, 0.15) is 45.7 Å². The molecule has 0 saturated heterocycles. The second kappa shape index (κ2) is 4.87. The van der Waals surface area contributed by atoms with E-state index in [4.69, 9.17) is 9.63 Å². The third-order valence-electron chi connectivity index (χ3n) is 3.38. The van der Waals surface area contributed by atoms with E-state index < -0.39 is 5.97 Å². The third kappa shape index (κ3) is 2.25. The molecular weight excluding hydrogens is 246 g/mol. The van der Waals surface area contributed by atoms with E-state index in [0.29, 0.717) is 17.9 Å². The van der Waals surface area contributed by atoms with Crippen molar-refractivity contribution >= 4 is 5.97 Å². The standard InChI is InChI=1S/C13H17N3O3/c1-5-10-7(2)14-16(8(10)3)6-11-9(4)19-15-12(11)13(17)18/h5-6H2,1-4H3,(H,17,18). The van der Waals surface area contributed by atoms with E-state index in [2.05, 4.69) is 17.2 Å². The maximum absolute atomic E-state index is 11.1. The van der Waals surface area contributed by atoms with Crippen LogP contribution in [0.25, 0.3) is 0 Å². The summed E-state index contributed by atoms with van der Waals surface area (Å²) in [7, 11) is 0. The first-order valence-corrected chi connectivity index (χ1v) is 6.17. The topological polar surface area (TPSA) is 81.2 Å². The fourth-order valence-corrected chi connectivity index (χ4v) is 2.29. The quantitative estimate of drug-likeness (QED) is 0.913. The fraction of sp³-hybridized carbons (Fsp3) is 0.462. The Morgan fingerprint density at radius 3 is 2.53 bits per heavy atom. The molecule has 0 fully saturated rings. The normalized spacial score (nSPS) is 10.9. The predicted octanol–water partition coefficient (Wildman–Crippen LogP) is 2.11. The van der Waals surface area contributed by atoms with Crippen molar-refractivity contribution in [2.45, 2.75) is 40.7 Å². The second-order valence-corrected chi connectivity index (χ2v) is 4.53. The van der Waals surface area contributed by atoms with Gasteiger partial charge in [-0.15, -0.1) is 0 Å². The Hall–Kier alpha value is -2.11. The molecule has 0 aliphatic carbocycles. The smallest absolute Gasteiger partial charge is 0.358 e. The molecule has 0 atom stereocenters. The lowest BCUT2D eigenvalue weighted by molar-refractivity contribution is 0.0684. The minimum atomic E-state index is -1.08. The molecule has 1 N–H and O–H groups in total. The SMILES string of the molecule is CCc1c(C)nn(Cc2c(C(=O)O)noc2C)c1C. The first-order valence-electron chi connectivity index (χ1n) is 6.17. The highest BCUT2D eigenvalue weighted by molar-refractivity contribution is 5.87. The number of aryl methyl sites for hydroxylation is 2. The molecule has 0 radical (unpaired) electrons. The van der Waals surface area contributed by atoms with Gasteiger partial charge in [-0.3, -0.25) is 4.68 Å². The Morgan fingerprint density at radius 2 is 2.00 bits per heavy atom. The Morgan fingerprint density at radius 1 is 1.32 bits per heavy atom. The number of aromatic carboxylic acids is 1. The summed E-state index contributed by atoms with van der Waals surface area (Å²) in [5, 5.41) is 17.1. The molecule has 0 aliphatic heterocycles. The highest BCUT2D eigenvalue weighted by Gasteiger charge is 2.21. The molecular formula is C13H17N3O3. The monoisotopic (exact) mass is 263 g/mol. The highest BCUT2D eigenvalue weighted by Crippen LogP contribution is 2.19. The van der Waals surface area contributed by atoms with Crippen LogP contribution in [0.5, 0.6) is 0 Å². The number of rotatable bonds is 4. The number of carbonyl (C=O) groups is 1. The van der Waals surface area contributed by atoms with Crippen LogP contribution in [0.3, 0.4) is 0 Å². The van der Waals surface area contributed by atoms with E-state index in [1.54, 1.807) is 11.6 Å². The molecule has 0 amide bonds. The summed E-state index contributed by atoms with van der Waals surface area (Å²) in [5.74, 6) is -0.563. The Labute approximate surface area is 111 Å². The Bertz CT molecular complexity index is 625. The van der Waals surface area contributed by atoms with Crippen molar-refractivity contribution in [1.82, 2.24) is 14.9 Å². The first kappa shape index (κ1) is 13.3. The van der Waals surface area contributed by atoms with Crippen molar-refractivity contribution in [1.29, 1.82) is 0 Å². The molecule has 6 heteroatoms. The zero-order chi connectivity index (χ0) is 14.2. The van der Waals surface area contributed by atoms with Crippen LogP contribution in [-0.2, 0) is 13.0 Å². The lowest BCUT2D eigenvalue weighted by Crippen LogP contribution is -2.09. The van der Waals surface area contributed by atoms with E-state index in [9.17, 15) is 4.79 Å². The van der Waals surface area contributed by atoms with Gasteiger partial charge in [0.25, 0.3) is 0 Å². The number of nitrogens with zero attached hydrogens (tertiary/aromatic N) is 3. The molecule has 19 heavy (non-hydrogen) atoms. The zero-order valence-electron chi connectivity index (χ0n) is 11.5. The van der Waals surface area contributed by atoms with Gasteiger partial charge in [0.2, 0.25) is 0 Å². The average Bonchev–Trinajstić information content (AvgIpc) is 2.82. The number of hydrogen-bond acceptors (Lipinski definition) is 4. The minimum Gasteiger partial charge on any atom is -0.476 e. The Kier molecular flexibility index (Phi) is 3.42. The summed E-state index contributed by atoms with van der Waals surface area (Å²) in [6.07, 6.45) is 0.909. The van der Waals surface area contributed by atoms with E-state index >= 15 is 0 Å². The van der Waals surface area contributed by atoms with Crippen LogP contribution >= 0.6 is 0 Å². The number of aromatic nitrogens is 3. The van der Waals surface area contributed by atoms with Crippen molar-refractivity contribution < 1.29 is 14.4 Å². The predicted molar refractivity (Wildman–Crippen MR) is 68.4 cm³/mol. The molecule has 2 aromatic heterocycles. The van der Waals surface area contributed by atoms with Crippen molar-refractivity contribution in [3.8, 4) is 0 Å². The van der Waals surface area contributed by atoms with Crippen LogP contribution < -0.4 is 0 Å². The lowest BCUT2D eigenvalue weighted by atomic mass is 10.1. The number of carboxylic acid groups (broad SMARTS) is 1. The maximum atomic E-state index is 11.1. The first-order chi connectivity index (χ1) is 8.95. The van der Waals surface area contributed by atoms with Crippen LogP contribution in [0, 0.1) is 20.8 Å². The van der Waals surface area contributed by atoms with Gasteiger partial charge in [0.15, 0.2) is 5.69 Å². The summed E-state index contributed by atoms with van der Waals surface area (Å²) < 4.78 is 6.77. The molecule has 0 unspecified atom stereocenters. The summed E-state index contributed by atoms with van der Waals surface area (Å²) in [6.45, 7) is 8.10.